The van der Waals surface area contributed by atoms with Crippen molar-refractivity contribution in [1.29, 1.82) is 0 Å². The Kier molecular flexibility index (Phi) is 7.02. The molecule has 3 nitrogen and oxygen atoms in total. The minimum absolute atomic E-state index is 0.00954. The van der Waals surface area contributed by atoms with Gasteiger partial charge in [0.25, 0.3) is 0 Å². The second-order valence-corrected chi connectivity index (χ2v) is 8.81. The number of hydrogen-bond acceptors (Lipinski definition) is 3. The van der Waals surface area contributed by atoms with Crippen molar-refractivity contribution >= 4 is 17.9 Å². The molecule has 6 heteroatoms. The third-order valence-corrected chi connectivity index (χ3v) is 6.37. The summed E-state index contributed by atoms with van der Waals surface area (Å²) in [4.78, 5) is 38.5. The van der Waals surface area contributed by atoms with Gasteiger partial charge >= 0.3 is 0 Å². The first-order valence-corrected chi connectivity index (χ1v) is 12.0. The molecule has 5 aromatic rings. The molecule has 0 aromatic heterocycles. The number of carbonyl (C=O) groups is 3. The summed E-state index contributed by atoms with van der Waals surface area (Å²) in [6.07, 6.45) is 0.557. The molecule has 5 rings (SSSR count). The van der Waals surface area contributed by atoms with E-state index in [0.29, 0.717) is 6.29 Å². The Hall–Kier alpha value is -5.10. The van der Waals surface area contributed by atoms with E-state index in [0.717, 1.165) is 24.3 Å². The van der Waals surface area contributed by atoms with Gasteiger partial charge in [-0.2, -0.15) is 0 Å². The van der Waals surface area contributed by atoms with Crippen LogP contribution < -0.4 is 0 Å². The zero-order valence-corrected chi connectivity index (χ0v) is 20.3. The first-order valence-electron chi connectivity index (χ1n) is 12.0. The smallest absolute Gasteiger partial charge is 0.193 e. The second-order valence-electron chi connectivity index (χ2n) is 8.81. The number of benzene rings is 5. The highest BCUT2D eigenvalue weighted by Crippen LogP contribution is 2.36. The first kappa shape index (κ1) is 25.5. The van der Waals surface area contributed by atoms with Gasteiger partial charge in [-0.25, -0.2) is 13.2 Å². The number of aldehydes is 1. The average Bonchev–Trinajstić information content (AvgIpc) is 2.97. The summed E-state index contributed by atoms with van der Waals surface area (Å²) >= 11 is 0. The van der Waals surface area contributed by atoms with Crippen molar-refractivity contribution in [2.45, 2.75) is 0 Å². The monoisotopic (exact) mass is 520 g/mol. The van der Waals surface area contributed by atoms with Crippen LogP contribution >= 0.6 is 0 Å². The Labute approximate surface area is 222 Å². The van der Waals surface area contributed by atoms with E-state index >= 15 is 4.39 Å². The molecule has 5 aromatic carbocycles. The average molecular weight is 521 g/mol. The highest BCUT2D eigenvalue weighted by Gasteiger charge is 2.23. The van der Waals surface area contributed by atoms with Gasteiger partial charge in [0.15, 0.2) is 11.6 Å². The van der Waals surface area contributed by atoms with Gasteiger partial charge < -0.3 is 0 Å². The molecular weight excluding hydrogens is 501 g/mol. The summed E-state index contributed by atoms with van der Waals surface area (Å²) < 4.78 is 43.2. The van der Waals surface area contributed by atoms with E-state index in [-0.39, 0.29) is 50.1 Å². The van der Waals surface area contributed by atoms with Gasteiger partial charge in [0.2, 0.25) is 0 Å². The van der Waals surface area contributed by atoms with Crippen LogP contribution in [0.5, 0.6) is 0 Å². The molecule has 0 aliphatic rings. The van der Waals surface area contributed by atoms with E-state index < -0.39 is 29.0 Å². The molecular formula is C33H19F3O3. The molecule has 0 bridgehead atoms. The molecule has 0 saturated heterocycles. The molecule has 0 aliphatic heterocycles. The molecule has 0 fully saturated rings. The summed E-state index contributed by atoms with van der Waals surface area (Å²) in [6, 6.07) is 25.4. The van der Waals surface area contributed by atoms with E-state index in [4.69, 9.17) is 0 Å². The van der Waals surface area contributed by atoms with Gasteiger partial charge in [-0.1, -0.05) is 48.5 Å². The Morgan fingerprint density at radius 2 is 0.897 bits per heavy atom. The van der Waals surface area contributed by atoms with Gasteiger partial charge in [0, 0.05) is 38.9 Å². The maximum Gasteiger partial charge on any atom is 0.193 e. The molecule has 0 spiro atoms. The Morgan fingerprint density at radius 1 is 0.513 bits per heavy atom. The fourth-order valence-electron chi connectivity index (χ4n) is 4.45. The van der Waals surface area contributed by atoms with Crippen molar-refractivity contribution in [3.8, 4) is 22.3 Å². The molecule has 190 valence electrons. The molecule has 0 aliphatic carbocycles. The third kappa shape index (κ3) is 5.05. The quantitative estimate of drug-likeness (QED) is 0.163. The zero-order valence-electron chi connectivity index (χ0n) is 20.3. The van der Waals surface area contributed by atoms with Crippen LogP contribution in [-0.4, -0.2) is 17.9 Å². The van der Waals surface area contributed by atoms with E-state index in [2.05, 4.69) is 0 Å². The van der Waals surface area contributed by atoms with Gasteiger partial charge in [-0.15, -0.1) is 0 Å². The van der Waals surface area contributed by atoms with E-state index in [9.17, 15) is 23.2 Å². The van der Waals surface area contributed by atoms with Crippen LogP contribution in [0.3, 0.4) is 0 Å². The van der Waals surface area contributed by atoms with E-state index in [1.807, 2.05) is 0 Å². The van der Waals surface area contributed by atoms with Crippen LogP contribution in [0.25, 0.3) is 22.3 Å². The van der Waals surface area contributed by atoms with Crippen LogP contribution in [0.4, 0.5) is 13.2 Å². The SMILES string of the molecule is O=Cc1cc(-c2ccccc2C(=O)c2ccc(F)cc2)c(F)c(-c2ccccc2C(=O)c2ccc(F)cc2)c1. The molecule has 0 amide bonds. The van der Waals surface area contributed by atoms with Crippen molar-refractivity contribution in [1.82, 2.24) is 0 Å². The second kappa shape index (κ2) is 10.7. The molecule has 0 heterocycles. The number of carbonyl (C=O) groups excluding carboxylic acids is 3. The highest BCUT2D eigenvalue weighted by atomic mass is 19.1. The summed E-state index contributed by atoms with van der Waals surface area (Å²) in [6.45, 7) is 0. The largest absolute Gasteiger partial charge is 0.298 e. The summed E-state index contributed by atoms with van der Waals surface area (Å²) in [5.74, 6) is -2.63. The van der Waals surface area contributed by atoms with Gasteiger partial charge in [0.1, 0.15) is 23.7 Å². The van der Waals surface area contributed by atoms with Crippen LogP contribution in [-0.2, 0) is 0 Å². The number of halogens is 3. The Balaban J connectivity index is 1.67. The topological polar surface area (TPSA) is 51.2 Å². The maximum absolute atomic E-state index is 16.3. The van der Waals surface area contributed by atoms with Crippen LogP contribution in [0.1, 0.15) is 42.2 Å². The van der Waals surface area contributed by atoms with Crippen LogP contribution in [0.15, 0.2) is 109 Å². The minimum Gasteiger partial charge on any atom is -0.298 e. The standard InChI is InChI=1S/C33H19F3O3/c34-23-13-9-21(10-14-23)32(38)27-7-3-1-5-25(27)29-17-20(19-37)18-30(31(29)36)26-6-2-4-8-28(26)33(39)22-11-15-24(35)16-12-22/h1-19H. The molecule has 39 heavy (non-hydrogen) atoms. The lowest BCUT2D eigenvalue weighted by atomic mass is 9.88. The molecule has 0 N–H and O–H groups in total. The molecule has 0 atom stereocenters. The lowest BCUT2D eigenvalue weighted by Gasteiger charge is -2.16. The molecule has 0 radical (unpaired) electrons. The van der Waals surface area contributed by atoms with Crippen molar-refractivity contribution in [2.75, 3.05) is 0 Å². The first-order chi connectivity index (χ1) is 18.9. The van der Waals surface area contributed by atoms with Crippen LogP contribution in [0, 0.1) is 17.5 Å². The summed E-state index contributed by atoms with van der Waals surface area (Å²) in [5, 5.41) is 0. The summed E-state index contributed by atoms with van der Waals surface area (Å²) in [5.41, 5.74) is 1.33. The maximum atomic E-state index is 16.3. The van der Waals surface area contributed by atoms with Gasteiger partial charge in [-0.3, -0.25) is 14.4 Å². The lowest BCUT2D eigenvalue weighted by molar-refractivity contribution is 0.103. The molecule has 0 unspecified atom stereocenters. The minimum atomic E-state index is -0.737. The number of hydrogen-bond donors (Lipinski definition) is 0. The summed E-state index contributed by atoms with van der Waals surface area (Å²) in [7, 11) is 0. The predicted octanol–water partition coefficient (Wildman–Crippen LogP) is 7.71. The van der Waals surface area contributed by atoms with Crippen molar-refractivity contribution < 1.29 is 27.6 Å². The van der Waals surface area contributed by atoms with Crippen LogP contribution in [0.2, 0.25) is 0 Å². The third-order valence-electron chi connectivity index (χ3n) is 6.37. The number of ketones is 2. The zero-order chi connectivity index (χ0) is 27.5. The fraction of sp³-hybridized carbons (Fsp3) is 0. The van der Waals surface area contributed by atoms with Crippen molar-refractivity contribution in [3.63, 3.8) is 0 Å². The number of rotatable bonds is 7. The Bertz CT molecular complexity index is 1600. The van der Waals surface area contributed by atoms with Crippen molar-refractivity contribution in [3.05, 3.63) is 154 Å². The fourth-order valence-corrected chi connectivity index (χ4v) is 4.45. The van der Waals surface area contributed by atoms with Gasteiger partial charge in [0.05, 0.1) is 0 Å². The van der Waals surface area contributed by atoms with Crippen molar-refractivity contribution in [2.24, 2.45) is 0 Å². The Morgan fingerprint density at radius 3 is 1.28 bits per heavy atom. The van der Waals surface area contributed by atoms with E-state index in [1.54, 1.807) is 36.4 Å². The van der Waals surface area contributed by atoms with Gasteiger partial charge in [-0.05, 0) is 71.8 Å². The normalized spacial score (nSPS) is 10.7. The van der Waals surface area contributed by atoms with E-state index in [1.165, 1.54) is 48.5 Å². The predicted molar refractivity (Wildman–Crippen MR) is 142 cm³/mol. The highest BCUT2D eigenvalue weighted by molar-refractivity contribution is 6.14. The molecule has 0 saturated carbocycles. The lowest BCUT2D eigenvalue weighted by Crippen LogP contribution is -2.06.